The molecule has 0 spiro atoms. The van der Waals surface area contributed by atoms with Gasteiger partial charge in [0.2, 0.25) is 21.8 Å². The van der Waals surface area contributed by atoms with Crippen LogP contribution in [0.15, 0.2) is 0 Å². The number of nitrogens with one attached hydrogen (secondary N) is 2. The van der Waals surface area contributed by atoms with Crippen LogP contribution in [0.1, 0.15) is 25.7 Å². The molecule has 0 radical (unpaired) electrons. The third kappa shape index (κ3) is 5.46. The van der Waals surface area contributed by atoms with E-state index in [1.165, 1.54) is 4.31 Å². The van der Waals surface area contributed by atoms with Crippen LogP contribution in [-0.4, -0.2) is 57.5 Å². The number of carbonyl (C=O) groups excluding carboxylic acids is 2. The van der Waals surface area contributed by atoms with Gasteiger partial charge in [-0.15, -0.1) is 0 Å². The minimum Gasteiger partial charge on any atom is -0.359 e. The van der Waals surface area contributed by atoms with E-state index in [1.54, 1.807) is 7.05 Å². The molecular formula is C12H23N3O4S. The molecule has 1 atom stereocenters. The van der Waals surface area contributed by atoms with Gasteiger partial charge in [-0.05, 0) is 19.3 Å². The lowest BCUT2D eigenvalue weighted by atomic mass is 9.98. The summed E-state index contributed by atoms with van der Waals surface area (Å²) in [5.74, 6) is -0.444. The molecule has 1 fully saturated rings. The van der Waals surface area contributed by atoms with Gasteiger partial charge in [-0.1, -0.05) is 0 Å². The van der Waals surface area contributed by atoms with Crippen LogP contribution in [0, 0.1) is 5.92 Å². The third-order valence-electron chi connectivity index (χ3n) is 3.45. The van der Waals surface area contributed by atoms with Crippen molar-refractivity contribution in [3.05, 3.63) is 0 Å². The highest BCUT2D eigenvalue weighted by atomic mass is 32.2. The number of carbonyl (C=O) groups is 2. The second kappa shape index (κ2) is 7.58. The fourth-order valence-corrected chi connectivity index (χ4v) is 3.15. The van der Waals surface area contributed by atoms with Crippen LogP contribution in [0.3, 0.4) is 0 Å². The van der Waals surface area contributed by atoms with Crippen LogP contribution in [0.25, 0.3) is 0 Å². The second-order valence-corrected chi connectivity index (χ2v) is 6.99. The van der Waals surface area contributed by atoms with Gasteiger partial charge < -0.3 is 10.6 Å². The summed E-state index contributed by atoms with van der Waals surface area (Å²) in [5.41, 5.74) is 0. The first-order chi connectivity index (χ1) is 9.34. The molecule has 1 rings (SSSR count). The van der Waals surface area contributed by atoms with Gasteiger partial charge in [-0.2, -0.15) is 0 Å². The Bertz CT molecular complexity index is 450. The molecule has 0 bridgehead atoms. The number of sulfonamides is 1. The molecule has 0 saturated carbocycles. The lowest BCUT2D eigenvalue weighted by Crippen LogP contribution is -2.35. The van der Waals surface area contributed by atoms with Crippen molar-refractivity contribution >= 4 is 21.8 Å². The lowest BCUT2D eigenvalue weighted by molar-refractivity contribution is -0.125. The molecule has 7 nitrogen and oxygen atoms in total. The summed E-state index contributed by atoms with van der Waals surface area (Å²) < 4.78 is 24.6. The third-order valence-corrected chi connectivity index (χ3v) is 4.75. The summed E-state index contributed by atoms with van der Waals surface area (Å²) >= 11 is 0. The van der Waals surface area contributed by atoms with Crippen molar-refractivity contribution in [1.29, 1.82) is 0 Å². The predicted molar refractivity (Wildman–Crippen MR) is 75.5 cm³/mol. The van der Waals surface area contributed by atoms with E-state index in [-0.39, 0.29) is 30.7 Å². The maximum Gasteiger partial charge on any atom is 0.222 e. The summed E-state index contributed by atoms with van der Waals surface area (Å²) in [5, 5.41) is 5.32. The normalized spacial score (nSPS) is 23.5. The Labute approximate surface area is 120 Å². The van der Waals surface area contributed by atoms with Gasteiger partial charge in [0, 0.05) is 39.0 Å². The first-order valence-electron chi connectivity index (χ1n) is 6.78. The minimum atomic E-state index is -3.32. The Kier molecular flexibility index (Phi) is 6.41. The molecule has 1 aliphatic rings. The molecule has 0 aromatic rings. The van der Waals surface area contributed by atoms with Crippen LogP contribution in [0.5, 0.6) is 0 Å². The molecule has 1 aliphatic heterocycles. The Morgan fingerprint density at radius 1 is 1.35 bits per heavy atom. The second-order valence-electron chi connectivity index (χ2n) is 5.00. The van der Waals surface area contributed by atoms with Crippen LogP contribution in [0.2, 0.25) is 0 Å². The van der Waals surface area contributed by atoms with Gasteiger partial charge in [0.25, 0.3) is 0 Å². The van der Waals surface area contributed by atoms with E-state index in [0.717, 1.165) is 6.26 Å². The van der Waals surface area contributed by atoms with E-state index in [4.69, 9.17) is 0 Å². The topological polar surface area (TPSA) is 95.6 Å². The van der Waals surface area contributed by atoms with Gasteiger partial charge >= 0.3 is 0 Å². The number of amides is 2. The van der Waals surface area contributed by atoms with Crippen LogP contribution in [-0.2, 0) is 19.6 Å². The van der Waals surface area contributed by atoms with Gasteiger partial charge in [0.05, 0.1) is 6.26 Å². The molecule has 1 unspecified atom stereocenters. The molecule has 0 aromatic heterocycles. The van der Waals surface area contributed by atoms with Crippen molar-refractivity contribution in [3.8, 4) is 0 Å². The molecule has 2 amide bonds. The van der Waals surface area contributed by atoms with E-state index >= 15 is 0 Å². The number of hydrogen-bond donors (Lipinski definition) is 2. The standard InChI is InChI=1S/C12H23N3O4S/c1-13-12(17)10-4-3-8-15(20(2,18)19)9-6-11(16)14-7-5-10/h10H,3-9H2,1-2H3,(H,13,17)(H,14,16). The zero-order valence-electron chi connectivity index (χ0n) is 12.0. The first kappa shape index (κ1) is 16.9. The highest BCUT2D eigenvalue weighted by molar-refractivity contribution is 7.88. The van der Waals surface area contributed by atoms with Crippen molar-refractivity contribution < 1.29 is 18.0 Å². The van der Waals surface area contributed by atoms with E-state index < -0.39 is 10.0 Å². The summed E-state index contributed by atoms with van der Waals surface area (Å²) in [6, 6.07) is 0. The number of hydrogen-bond acceptors (Lipinski definition) is 4. The molecule has 1 heterocycles. The van der Waals surface area contributed by atoms with Gasteiger partial charge in [0.15, 0.2) is 0 Å². The molecule has 20 heavy (non-hydrogen) atoms. The molecule has 0 aliphatic carbocycles. The fourth-order valence-electron chi connectivity index (χ4n) is 2.27. The summed E-state index contributed by atoms with van der Waals surface area (Å²) in [7, 11) is -1.74. The Balaban J connectivity index is 2.75. The van der Waals surface area contributed by atoms with Crippen molar-refractivity contribution in [2.45, 2.75) is 25.7 Å². The Morgan fingerprint density at radius 3 is 2.65 bits per heavy atom. The fraction of sp³-hybridized carbons (Fsp3) is 0.833. The Morgan fingerprint density at radius 2 is 2.05 bits per heavy atom. The molecule has 1 saturated heterocycles. The van der Waals surface area contributed by atoms with Crippen molar-refractivity contribution in [2.24, 2.45) is 5.92 Å². The van der Waals surface area contributed by atoms with E-state index in [0.29, 0.717) is 32.4 Å². The summed E-state index contributed by atoms with van der Waals surface area (Å²) in [6.45, 7) is 0.977. The van der Waals surface area contributed by atoms with Crippen LogP contribution >= 0.6 is 0 Å². The van der Waals surface area contributed by atoms with Crippen LogP contribution in [0.4, 0.5) is 0 Å². The zero-order chi connectivity index (χ0) is 15.2. The minimum absolute atomic E-state index is 0.0654. The van der Waals surface area contributed by atoms with Crippen molar-refractivity contribution in [1.82, 2.24) is 14.9 Å². The SMILES string of the molecule is CNC(=O)C1CCCN(S(C)(=O)=O)CCC(=O)NCC1. The summed E-state index contributed by atoms with van der Waals surface area (Å²) in [6.07, 6.45) is 3.09. The number of nitrogens with zero attached hydrogens (tertiary/aromatic N) is 1. The van der Waals surface area contributed by atoms with E-state index in [1.807, 2.05) is 0 Å². The average Bonchev–Trinajstić information content (AvgIpc) is 2.41. The predicted octanol–water partition coefficient (Wildman–Crippen LogP) is -0.700. The molecular weight excluding hydrogens is 282 g/mol. The molecule has 0 aromatic carbocycles. The Hall–Kier alpha value is -1.15. The van der Waals surface area contributed by atoms with Crippen molar-refractivity contribution in [2.75, 3.05) is 32.9 Å². The first-order valence-corrected chi connectivity index (χ1v) is 8.63. The van der Waals surface area contributed by atoms with Gasteiger partial charge in [-0.3, -0.25) is 9.59 Å². The largest absolute Gasteiger partial charge is 0.359 e. The van der Waals surface area contributed by atoms with Gasteiger partial charge in [-0.25, -0.2) is 12.7 Å². The highest BCUT2D eigenvalue weighted by Gasteiger charge is 2.22. The maximum atomic E-state index is 11.7. The molecule has 8 heteroatoms. The quantitative estimate of drug-likeness (QED) is 0.705. The number of rotatable bonds is 2. The zero-order valence-corrected chi connectivity index (χ0v) is 12.8. The monoisotopic (exact) mass is 305 g/mol. The van der Waals surface area contributed by atoms with E-state index in [2.05, 4.69) is 10.6 Å². The van der Waals surface area contributed by atoms with Crippen molar-refractivity contribution in [3.63, 3.8) is 0 Å². The van der Waals surface area contributed by atoms with Gasteiger partial charge in [0.1, 0.15) is 0 Å². The lowest BCUT2D eigenvalue weighted by Gasteiger charge is -2.20. The molecule has 2 N–H and O–H groups in total. The van der Waals surface area contributed by atoms with Crippen LogP contribution < -0.4 is 10.6 Å². The van der Waals surface area contributed by atoms with E-state index in [9.17, 15) is 18.0 Å². The average molecular weight is 305 g/mol. The smallest absolute Gasteiger partial charge is 0.222 e. The molecule has 116 valence electrons. The summed E-state index contributed by atoms with van der Waals surface area (Å²) in [4.78, 5) is 23.3. The highest BCUT2D eigenvalue weighted by Crippen LogP contribution is 2.14. The maximum absolute atomic E-state index is 11.7.